The van der Waals surface area contributed by atoms with Gasteiger partial charge in [0.25, 0.3) is 0 Å². The van der Waals surface area contributed by atoms with Crippen LogP contribution < -0.4 is 16.4 Å². The molecule has 0 saturated heterocycles. The maximum absolute atomic E-state index is 11.4. The van der Waals surface area contributed by atoms with E-state index in [1.54, 1.807) is 11.3 Å². The van der Waals surface area contributed by atoms with Crippen molar-refractivity contribution in [1.29, 1.82) is 0 Å². The predicted octanol–water partition coefficient (Wildman–Crippen LogP) is 0.423. The first kappa shape index (κ1) is 16.9. The van der Waals surface area contributed by atoms with Crippen LogP contribution in [0.2, 0.25) is 0 Å². The lowest BCUT2D eigenvalue weighted by Gasteiger charge is -2.04. The fourth-order valence-electron chi connectivity index (χ4n) is 1.21. The topological polar surface area (TPSA) is 84.2 Å². The number of aryl methyl sites for hydroxylation is 1. The third-order valence-electron chi connectivity index (χ3n) is 2.16. The molecule has 1 heterocycles. The van der Waals surface area contributed by atoms with Crippen molar-refractivity contribution in [3.63, 3.8) is 0 Å². The zero-order chi connectivity index (χ0) is 12.7. The van der Waals surface area contributed by atoms with Crippen LogP contribution in [0.1, 0.15) is 16.7 Å². The van der Waals surface area contributed by atoms with Crippen molar-refractivity contribution >= 4 is 35.6 Å². The number of rotatable bonds is 6. The van der Waals surface area contributed by atoms with Gasteiger partial charge in [-0.3, -0.25) is 9.59 Å². The van der Waals surface area contributed by atoms with E-state index < -0.39 is 0 Å². The zero-order valence-electron chi connectivity index (χ0n) is 10.2. The number of nitrogens with one attached hydrogen (secondary N) is 2. The molecule has 0 spiro atoms. The Hall–Kier alpha value is -1.11. The summed E-state index contributed by atoms with van der Waals surface area (Å²) in [5.74, 6) is -0.539. The lowest BCUT2D eigenvalue weighted by molar-refractivity contribution is -0.125. The number of hydrogen-bond acceptors (Lipinski definition) is 4. The monoisotopic (exact) mass is 291 g/mol. The van der Waals surface area contributed by atoms with Gasteiger partial charge in [0.05, 0.1) is 19.6 Å². The standard InChI is InChI=1S/C11H17N3O2S.ClH/c1-2-8-3-4-9(17-8)6-13-11(16)7-14-10(15)5-12;/h3-4H,2,5-7,12H2,1H3,(H,13,16)(H,14,15);1H. The maximum Gasteiger partial charge on any atom is 0.239 e. The van der Waals surface area contributed by atoms with Gasteiger partial charge in [-0.15, -0.1) is 23.7 Å². The van der Waals surface area contributed by atoms with Crippen LogP contribution in [-0.4, -0.2) is 24.9 Å². The summed E-state index contributed by atoms with van der Waals surface area (Å²) in [6, 6.07) is 4.06. The first-order valence-electron chi connectivity index (χ1n) is 5.46. The van der Waals surface area contributed by atoms with Crippen molar-refractivity contribution in [1.82, 2.24) is 10.6 Å². The third kappa shape index (κ3) is 6.00. The molecule has 1 aromatic heterocycles. The van der Waals surface area contributed by atoms with Crippen LogP contribution in [-0.2, 0) is 22.6 Å². The minimum atomic E-state index is -0.329. The number of amides is 2. The van der Waals surface area contributed by atoms with Crippen molar-refractivity contribution in [2.24, 2.45) is 5.73 Å². The van der Waals surface area contributed by atoms with Crippen LogP contribution in [0.4, 0.5) is 0 Å². The summed E-state index contributed by atoms with van der Waals surface area (Å²) in [4.78, 5) is 24.6. The van der Waals surface area contributed by atoms with Crippen LogP contribution in [0.15, 0.2) is 12.1 Å². The Labute approximate surface area is 117 Å². The van der Waals surface area contributed by atoms with Gasteiger partial charge in [0.15, 0.2) is 0 Å². The number of carbonyl (C=O) groups excluding carboxylic acids is 2. The summed E-state index contributed by atoms with van der Waals surface area (Å²) in [6.45, 7) is 2.47. The van der Waals surface area contributed by atoms with Crippen molar-refractivity contribution in [2.75, 3.05) is 13.1 Å². The fraction of sp³-hybridized carbons (Fsp3) is 0.455. The van der Waals surface area contributed by atoms with E-state index in [4.69, 9.17) is 5.73 Å². The molecule has 7 heteroatoms. The molecule has 1 rings (SSSR count). The summed E-state index contributed by atoms with van der Waals surface area (Å²) < 4.78 is 0. The molecule has 0 fully saturated rings. The second-order valence-corrected chi connectivity index (χ2v) is 4.73. The number of carbonyl (C=O) groups is 2. The van der Waals surface area contributed by atoms with Crippen molar-refractivity contribution < 1.29 is 9.59 Å². The van der Waals surface area contributed by atoms with Gasteiger partial charge in [0.2, 0.25) is 11.8 Å². The first-order valence-corrected chi connectivity index (χ1v) is 6.28. The van der Waals surface area contributed by atoms with Crippen molar-refractivity contribution in [3.8, 4) is 0 Å². The molecule has 0 aliphatic heterocycles. The Morgan fingerprint density at radius 1 is 1.22 bits per heavy atom. The Bertz CT molecular complexity index is 395. The lowest BCUT2D eigenvalue weighted by Crippen LogP contribution is -2.39. The molecule has 18 heavy (non-hydrogen) atoms. The number of thiophene rings is 1. The molecular formula is C11H18ClN3O2S. The molecule has 0 aliphatic rings. The van der Waals surface area contributed by atoms with E-state index in [2.05, 4.69) is 23.6 Å². The fourth-order valence-corrected chi connectivity index (χ4v) is 2.10. The molecule has 2 amide bonds. The predicted molar refractivity (Wildman–Crippen MR) is 74.9 cm³/mol. The van der Waals surface area contributed by atoms with Gasteiger partial charge in [-0.1, -0.05) is 6.92 Å². The molecule has 0 aromatic carbocycles. The van der Waals surface area contributed by atoms with Gasteiger partial charge < -0.3 is 16.4 Å². The molecule has 0 bridgehead atoms. The number of hydrogen-bond donors (Lipinski definition) is 3. The van der Waals surface area contributed by atoms with Gasteiger partial charge in [0, 0.05) is 9.75 Å². The van der Waals surface area contributed by atoms with E-state index in [0.717, 1.165) is 11.3 Å². The van der Waals surface area contributed by atoms with E-state index >= 15 is 0 Å². The van der Waals surface area contributed by atoms with Gasteiger partial charge in [-0.25, -0.2) is 0 Å². The molecule has 0 atom stereocenters. The van der Waals surface area contributed by atoms with Gasteiger partial charge >= 0.3 is 0 Å². The summed E-state index contributed by atoms with van der Waals surface area (Å²) >= 11 is 1.68. The third-order valence-corrected chi connectivity index (χ3v) is 3.39. The molecule has 0 aliphatic carbocycles. The highest BCUT2D eigenvalue weighted by Crippen LogP contribution is 2.16. The van der Waals surface area contributed by atoms with E-state index in [0.29, 0.717) is 6.54 Å². The quantitative estimate of drug-likeness (QED) is 0.710. The Morgan fingerprint density at radius 2 is 1.89 bits per heavy atom. The minimum absolute atomic E-state index is 0. The highest BCUT2D eigenvalue weighted by Gasteiger charge is 2.04. The van der Waals surface area contributed by atoms with Crippen LogP contribution in [0, 0.1) is 0 Å². The van der Waals surface area contributed by atoms with Crippen molar-refractivity contribution in [2.45, 2.75) is 19.9 Å². The highest BCUT2D eigenvalue weighted by molar-refractivity contribution is 7.11. The van der Waals surface area contributed by atoms with Crippen LogP contribution in [0.5, 0.6) is 0 Å². The molecule has 1 aromatic rings. The summed E-state index contributed by atoms with van der Waals surface area (Å²) in [7, 11) is 0. The molecule has 0 unspecified atom stereocenters. The Kier molecular flexibility index (Phi) is 8.36. The summed E-state index contributed by atoms with van der Waals surface area (Å²) in [5.41, 5.74) is 5.10. The van der Waals surface area contributed by atoms with Crippen LogP contribution >= 0.6 is 23.7 Å². The highest BCUT2D eigenvalue weighted by atomic mass is 35.5. The largest absolute Gasteiger partial charge is 0.350 e. The Morgan fingerprint density at radius 3 is 2.44 bits per heavy atom. The summed E-state index contributed by atoms with van der Waals surface area (Å²) in [5, 5.41) is 5.14. The maximum atomic E-state index is 11.4. The van der Waals surface area contributed by atoms with E-state index in [1.165, 1.54) is 4.88 Å². The minimum Gasteiger partial charge on any atom is -0.350 e. The van der Waals surface area contributed by atoms with Gasteiger partial charge in [0.1, 0.15) is 0 Å². The first-order chi connectivity index (χ1) is 8.15. The van der Waals surface area contributed by atoms with Gasteiger partial charge in [-0.05, 0) is 18.6 Å². The molecule has 0 saturated carbocycles. The zero-order valence-corrected chi connectivity index (χ0v) is 11.8. The average Bonchev–Trinajstić information content (AvgIpc) is 2.81. The SMILES string of the molecule is CCc1ccc(CNC(=O)CNC(=O)CN)s1.Cl. The van der Waals surface area contributed by atoms with Gasteiger partial charge in [-0.2, -0.15) is 0 Å². The molecule has 5 nitrogen and oxygen atoms in total. The molecule has 0 radical (unpaired) electrons. The second-order valence-electron chi connectivity index (χ2n) is 3.48. The van der Waals surface area contributed by atoms with E-state index in [9.17, 15) is 9.59 Å². The average molecular weight is 292 g/mol. The second kappa shape index (κ2) is 8.91. The van der Waals surface area contributed by atoms with E-state index in [-0.39, 0.29) is 37.3 Å². The molecule has 102 valence electrons. The normalized spacial score (nSPS) is 9.44. The smallest absolute Gasteiger partial charge is 0.239 e. The van der Waals surface area contributed by atoms with Crippen LogP contribution in [0.3, 0.4) is 0 Å². The summed E-state index contributed by atoms with van der Waals surface area (Å²) in [6.07, 6.45) is 1.01. The number of halogens is 1. The van der Waals surface area contributed by atoms with Crippen molar-refractivity contribution in [3.05, 3.63) is 21.9 Å². The molecular weight excluding hydrogens is 274 g/mol. The Balaban J connectivity index is 0.00000289. The van der Waals surface area contributed by atoms with E-state index in [1.807, 2.05) is 6.07 Å². The van der Waals surface area contributed by atoms with Crippen LogP contribution in [0.25, 0.3) is 0 Å². The number of nitrogens with two attached hydrogens (primary N) is 1. The molecule has 4 N–H and O–H groups in total. The lowest BCUT2D eigenvalue weighted by atomic mass is 10.3.